The molecule has 2 aromatic carbocycles. The molecule has 0 radical (unpaired) electrons. The first-order valence-electron chi connectivity index (χ1n) is 12.2. The van der Waals surface area contributed by atoms with Crippen molar-refractivity contribution in [3.05, 3.63) is 35.7 Å². The molecule has 2 N–H and O–H groups in total. The number of ether oxygens (including phenoxy) is 6. The molecule has 4 aromatic rings. The fourth-order valence-corrected chi connectivity index (χ4v) is 5.13. The molecule has 0 saturated carbocycles. The molecule has 0 unspecified atom stereocenters. The van der Waals surface area contributed by atoms with Gasteiger partial charge in [0.25, 0.3) is 0 Å². The molecule has 2 heterocycles. The molecule has 36 heavy (non-hydrogen) atoms. The maximum atomic E-state index is 6.01. The van der Waals surface area contributed by atoms with Gasteiger partial charge in [0.2, 0.25) is 0 Å². The summed E-state index contributed by atoms with van der Waals surface area (Å²) in [6.07, 6.45) is 4.17. The van der Waals surface area contributed by atoms with E-state index in [2.05, 4.69) is 16.9 Å². The van der Waals surface area contributed by atoms with Crippen LogP contribution in [0.3, 0.4) is 0 Å². The van der Waals surface area contributed by atoms with Gasteiger partial charge in [-0.1, -0.05) is 26.2 Å². The lowest BCUT2D eigenvalue weighted by atomic mass is 9.93. The minimum Gasteiger partial charge on any atom is -0.494 e. The first-order valence-corrected chi connectivity index (χ1v) is 12.2. The number of unbranched alkanes of at least 4 members (excludes halogenated alkanes) is 2. The third-order valence-electron chi connectivity index (χ3n) is 6.77. The van der Waals surface area contributed by atoms with Crippen molar-refractivity contribution < 1.29 is 28.4 Å². The minimum absolute atomic E-state index is 0.0624. The molecule has 8 heteroatoms. The lowest BCUT2D eigenvalue weighted by Gasteiger charge is -2.18. The summed E-state index contributed by atoms with van der Waals surface area (Å²) in [5.74, 6) is 3.97. The highest BCUT2D eigenvalue weighted by Crippen LogP contribution is 2.50. The smallest absolute Gasteiger partial charge is 0.173 e. The van der Waals surface area contributed by atoms with Crippen LogP contribution < -0.4 is 28.4 Å². The van der Waals surface area contributed by atoms with Gasteiger partial charge in [0.05, 0.1) is 75.9 Å². The van der Waals surface area contributed by atoms with Crippen molar-refractivity contribution in [1.29, 1.82) is 0 Å². The number of fused-ring (bicyclic) bond motifs is 2. The Bertz CT molecular complexity index is 1240. The van der Waals surface area contributed by atoms with Crippen LogP contribution in [-0.4, -0.2) is 52.6 Å². The van der Waals surface area contributed by atoms with Crippen molar-refractivity contribution in [2.45, 2.75) is 38.5 Å². The molecule has 4 rings (SSSR count). The summed E-state index contributed by atoms with van der Waals surface area (Å²) < 4.78 is 34.6. The fourth-order valence-electron chi connectivity index (χ4n) is 5.13. The summed E-state index contributed by atoms with van der Waals surface area (Å²) >= 11 is 0. The van der Waals surface area contributed by atoms with Gasteiger partial charge in [-0.3, -0.25) is 0 Å². The number of hydrogen-bond donors (Lipinski definition) is 2. The van der Waals surface area contributed by atoms with Crippen LogP contribution in [0.1, 0.15) is 49.9 Å². The predicted octanol–water partition coefficient (Wildman–Crippen LogP) is 6.41. The van der Waals surface area contributed by atoms with Gasteiger partial charge in [0.15, 0.2) is 34.5 Å². The monoisotopic (exact) mass is 496 g/mol. The van der Waals surface area contributed by atoms with Gasteiger partial charge < -0.3 is 38.4 Å². The summed E-state index contributed by atoms with van der Waals surface area (Å²) in [4.78, 5) is 7.24. The Hall–Kier alpha value is -3.68. The number of nitrogens with one attached hydrogen (secondary N) is 2. The van der Waals surface area contributed by atoms with E-state index in [1.165, 1.54) is 0 Å². The van der Waals surface area contributed by atoms with E-state index in [1.807, 2.05) is 24.3 Å². The highest BCUT2D eigenvalue weighted by atomic mass is 16.5. The Labute approximate surface area is 211 Å². The van der Waals surface area contributed by atoms with Crippen LogP contribution in [0.2, 0.25) is 0 Å². The predicted molar refractivity (Wildman–Crippen MR) is 142 cm³/mol. The first kappa shape index (κ1) is 25.4. The van der Waals surface area contributed by atoms with E-state index in [-0.39, 0.29) is 5.92 Å². The average molecular weight is 497 g/mol. The number of H-pyrrole nitrogens is 2. The number of aromatic nitrogens is 2. The minimum atomic E-state index is -0.0624. The van der Waals surface area contributed by atoms with Crippen molar-refractivity contribution in [1.82, 2.24) is 9.97 Å². The van der Waals surface area contributed by atoms with Crippen molar-refractivity contribution in [2.24, 2.45) is 0 Å². The van der Waals surface area contributed by atoms with E-state index in [4.69, 9.17) is 28.4 Å². The van der Waals surface area contributed by atoms with Crippen LogP contribution in [0.5, 0.6) is 34.5 Å². The van der Waals surface area contributed by atoms with Gasteiger partial charge in [-0.25, -0.2) is 0 Å². The van der Waals surface area contributed by atoms with Gasteiger partial charge in [0.1, 0.15) is 0 Å². The topological polar surface area (TPSA) is 87.0 Å². The summed E-state index contributed by atoms with van der Waals surface area (Å²) in [6, 6.07) is 7.77. The van der Waals surface area contributed by atoms with Gasteiger partial charge in [-0.15, -0.1) is 0 Å². The molecular formula is C28H36N2O6. The molecule has 0 aliphatic rings. The zero-order valence-corrected chi connectivity index (χ0v) is 22.2. The molecule has 2 aromatic heterocycles. The summed E-state index contributed by atoms with van der Waals surface area (Å²) in [6.45, 7) is 2.20. The highest BCUT2D eigenvalue weighted by Gasteiger charge is 2.31. The zero-order valence-electron chi connectivity index (χ0n) is 22.2. The second-order valence-corrected chi connectivity index (χ2v) is 8.64. The number of aromatic amines is 2. The van der Waals surface area contributed by atoms with Gasteiger partial charge in [-0.2, -0.15) is 0 Å². The highest BCUT2D eigenvalue weighted by molar-refractivity contribution is 5.98. The summed E-state index contributed by atoms with van der Waals surface area (Å²) in [7, 11) is 9.92. The number of methoxy groups -OCH3 is 6. The van der Waals surface area contributed by atoms with E-state index in [9.17, 15) is 0 Å². The Morgan fingerprint density at radius 1 is 0.583 bits per heavy atom. The van der Waals surface area contributed by atoms with Crippen LogP contribution >= 0.6 is 0 Å². The molecule has 194 valence electrons. The molecular weight excluding hydrogens is 460 g/mol. The molecule has 0 aliphatic heterocycles. The largest absolute Gasteiger partial charge is 0.494 e. The van der Waals surface area contributed by atoms with Crippen LogP contribution in [-0.2, 0) is 0 Å². The lowest BCUT2D eigenvalue weighted by molar-refractivity contribution is 0.355. The molecule has 0 atom stereocenters. The number of hydrogen-bond acceptors (Lipinski definition) is 6. The molecule has 8 nitrogen and oxygen atoms in total. The molecule has 0 fully saturated rings. The van der Waals surface area contributed by atoms with E-state index < -0.39 is 0 Å². The molecule has 0 aliphatic carbocycles. The SMILES string of the molecule is CCCCCC(c1[nH]c2ccc(OC)c(OC)c2c1OC)c1[nH]c2ccc(OC)c(OC)c2c1OC. The van der Waals surface area contributed by atoms with E-state index >= 15 is 0 Å². The Balaban J connectivity index is 2.00. The maximum absolute atomic E-state index is 6.01. The lowest BCUT2D eigenvalue weighted by Crippen LogP contribution is -2.06. The van der Waals surface area contributed by atoms with Crippen LogP contribution in [0.15, 0.2) is 24.3 Å². The second kappa shape index (κ2) is 10.9. The number of benzene rings is 2. The van der Waals surface area contributed by atoms with E-state index in [0.717, 1.165) is 70.4 Å². The molecule has 0 spiro atoms. The van der Waals surface area contributed by atoms with Crippen LogP contribution in [0.25, 0.3) is 21.8 Å². The van der Waals surface area contributed by atoms with Crippen LogP contribution in [0, 0.1) is 0 Å². The Morgan fingerprint density at radius 3 is 1.39 bits per heavy atom. The standard InChI is InChI=1S/C28H36N2O6/c1-8-9-10-11-16(23-27(35-6)21-17(29-23)12-14-19(31-2)25(21)33-4)24-28(36-7)22-18(30-24)13-15-20(32-3)26(22)34-5/h12-16,29-30H,8-11H2,1-7H3. The molecule has 0 amide bonds. The molecule has 0 bridgehead atoms. The third kappa shape index (κ3) is 4.14. The summed E-state index contributed by atoms with van der Waals surface area (Å²) in [5, 5.41) is 1.70. The quantitative estimate of drug-likeness (QED) is 0.220. The zero-order chi connectivity index (χ0) is 25.8. The van der Waals surface area contributed by atoms with E-state index in [1.54, 1.807) is 42.7 Å². The van der Waals surface area contributed by atoms with Crippen molar-refractivity contribution in [3.8, 4) is 34.5 Å². The van der Waals surface area contributed by atoms with Gasteiger partial charge in [0, 0.05) is 5.92 Å². The second-order valence-electron chi connectivity index (χ2n) is 8.64. The van der Waals surface area contributed by atoms with Crippen molar-refractivity contribution in [3.63, 3.8) is 0 Å². The normalized spacial score (nSPS) is 11.3. The van der Waals surface area contributed by atoms with Crippen LogP contribution in [0.4, 0.5) is 0 Å². The maximum Gasteiger partial charge on any atom is 0.173 e. The van der Waals surface area contributed by atoms with E-state index in [0.29, 0.717) is 23.0 Å². The van der Waals surface area contributed by atoms with Crippen molar-refractivity contribution >= 4 is 21.8 Å². The summed E-state index contributed by atoms with van der Waals surface area (Å²) in [5.41, 5.74) is 3.72. The average Bonchev–Trinajstić information content (AvgIpc) is 3.47. The Kier molecular flexibility index (Phi) is 7.72. The fraction of sp³-hybridized carbons (Fsp3) is 0.429. The van der Waals surface area contributed by atoms with Gasteiger partial charge >= 0.3 is 0 Å². The number of rotatable bonds is 12. The first-order chi connectivity index (χ1) is 17.6. The molecule has 0 saturated heterocycles. The Morgan fingerprint density at radius 2 is 1.03 bits per heavy atom. The van der Waals surface area contributed by atoms with Gasteiger partial charge in [-0.05, 0) is 30.7 Å². The third-order valence-corrected chi connectivity index (χ3v) is 6.77. The van der Waals surface area contributed by atoms with Crippen molar-refractivity contribution in [2.75, 3.05) is 42.7 Å².